The van der Waals surface area contributed by atoms with Crippen LogP contribution >= 0.6 is 9.47 Å². The third kappa shape index (κ3) is 15.3. The third-order valence-electron chi connectivity index (χ3n) is 1.95. The number of hydrogen-bond donors (Lipinski definition) is 0. The Morgan fingerprint density at radius 2 is 1.94 bits per heavy atom. The Bertz CT molecular complexity index is 254. The van der Waals surface area contributed by atoms with Gasteiger partial charge in [-0.1, -0.05) is 25.5 Å². The summed E-state index contributed by atoms with van der Waals surface area (Å²) in [6, 6.07) is 0. The fourth-order valence-corrected chi connectivity index (χ4v) is 1.34. The quantitative estimate of drug-likeness (QED) is 0.304. The lowest BCUT2D eigenvalue weighted by Gasteiger charge is -2.10. The number of rotatable bonds is 7. The molecule has 0 fully saturated rings. The van der Waals surface area contributed by atoms with Gasteiger partial charge in [-0.3, -0.25) is 4.79 Å². The van der Waals surface area contributed by atoms with Crippen molar-refractivity contribution in [2.45, 2.75) is 53.6 Å². The minimum absolute atomic E-state index is 0.00458. The maximum Gasteiger partial charge on any atom is 0.155 e. The van der Waals surface area contributed by atoms with E-state index in [1.807, 2.05) is 13.8 Å². The summed E-state index contributed by atoms with van der Waals surface area (Å²) in [5, 5.41) is 0. The van der Waals surface area contributed by atoms with Crippen molar-refractivity contribution in [1.29, 1.82) is 0 Å². The first-order valence-corrected chi connectivity index (χ1v) is 6.78. The van der Waals surface area contributed by atoms with Crippen LogP contribution in [0, 0.1) is 0 Å². The Morgan fingerprint density at radius 3 is 2.22 bits per heavy atom. The van der Waals surface area contributed by atoms with Crippen LogP contribution < -0.4 is 0 Å². The highest BCUT2D eigenvalue weighted by Gasteiger charge is 1.99. The molecule has 0 amide bonds. The molecular formula is C14H27O3P. The highest BCUT2D eigenvalue weighted by molar-refractivity contribution is 7.10. The van der Waals surface area contributed by atoms with Gasteiger partial charge in [-0.25, -0.2) is 0 Å². The van der Waals surface area contributed by atoms with Gasteiger partial charge in [0, 0.05) is 12.7 Å². The molecule has 0 aromatic heterocycles. The maximum atomic E-state index is 10.2. The van der Waals surface area contributed by atoms with Gasteiger partial charge in [0.05, 0.1) is 21.3 Å². The molecule has 0 heterocycles. The van der Waals surface area contributed by atoms with Crippen LogP contribution in [0.2, 0.25) is 0 Å². The van der Waals surface area contributed by atoms with E-state index >= 15 is 0 Å². The molecule has 0 saturated carbocycles. The van der Waals surface area contributed by atoms with E-state index in [9.17, 15) is 4.79 Å². The fraction of sp³-hybridized carbons (Fsp3) is 0.643. The summed E-state index contributed by atoms with van der Waals surface area (Å²) >= 11 is 0. The summed E-state index contributed by atoms with van der Waals surface area (Å²) in [5.74, 6) is 0.618. The van der Waals surface area contributed by atoms with Crippen LogP contribution in [0.25, 0.3) is 0 Å². The second-order valence-electron chi connectivity index (χ2n) is 3.79. The smallest absolute Gasteiger partial charge is 0.155 e. The van der Waals surface area contributed by atoms with Gasteiger partial charge in [0.15, 0.2) is 5.78 Å². The average molecular weight is 274 g/mol. The molecule has 0 spiro atoms. The number of ketones is 1. The number of hydrogen-bond acceptors (Lipinski definition) is 3. The second kappa shape index (κ2) is 14.4. The first-order chi connectivity index (χ1) is 8.51. The van der Waals surface area contributed by atoms with Crippen LogP contribution in [0.3, 0.4) is 0 Å². The van der Waals surface area contributed by atoms with Crippen molar-refractivity contribution in [2.24, 2.45) is 0 Å². The standard InChI is InChI=1S/C9H18O.C5H9O2P/c1-4-7-9(8-5-2)10-6-3;1-4(6)3-5(2)7-8/h4,7,9H,5-6,8H2,1-3H3;3H,8H2,1-2H3/b7-4-;5-3-. The van der Waals surface area contributed by atoms with Crippen molar-refractivity contribution >= 4 is 15.2 Å². The lowest BCUT2D eigenvalue weighted by atomic mass is 10.2. The first kappa shape index (κ1) is 19.7. The molecule has 3 nitrogen and oxygen atoms in total. The lowest BCUT2D eigenvalue weighted by molar-refractivity contribution is -0.112. The summed E-state index contributed by atoms with van der Waals surface area (Å²) in [4.78, 5) is 10.2. The summed E-state index contributed by atoms with van der Waals surface area (Å²) in [6.07, 6.45) is 8.27. The minimum atomic E-state index is 0.00458. The molecule has 0 N–H and O–H groups in total. The molecule has 2 unspecified atom stereocenters. The van der Waals surface area contributed by atoms with Gasteiger partial charge in [0.2, 0.25) is 0 Å². The molecule has 2 atom stereocenters. The zero-order chi connectivity index (χ0) is 14.4. The van der Waals surface area contributed by atoms with Gasteiger partial charge in [-0.2, -0.15) is 0 Å². The molecule has 0 bridgehead atoms. The predicted octanol–water partition coefficient (Wildman–Crippen LogP) is 4.05. The van der Waals surface area contributed by atoms with Crippen molar-refractivity contribution in [3.63, 3.8) is 0 Å². The zero-order valence-electron chi connectivity index (χ0n) is 12.2. The Morgan fingerprint density at radius 1 is 1.33 bits per heavy atom. The molecule has 106 valence electrons. The van der Waals surface area contributed by atoms with Gasteiger partial charge in [-0.15, -0.1) is 0 Å². The highest BCUT2D eigenvalue weighted by atomic mass is 31.0. The Labute approximate surface area is 114 Å². The van der Waals surface area contributed by atoms with Crippen LogP contribution in [0.4, 0.5) is 0 Å². The van der Waals surface area contributed by atoms with Crippen molar-refractivity contribution < 1.29 is 14.1 Å². The van der Waals surface area contributed by atoms with E-state index in [0.29, 0.717) is 11.9 Å². The zero-order valence-corrected chi connectivity index (χ0v) is 13.4. The van der Waals surface area contributed by atoms with E-state index in [1.54, 1.807) is 6.92 Å². The summed E-state index contributed by atoms with van der Waals surface area (Å²) in [6.45, 7) is 10.2. The van der Waals surface area contributed by atoms with Crippen molar-refractivity contribution in [2.75, 3.05) is 6.61 Å². The molecule has 0 aliphatic heterocycles. The summed E-state index contributed by atoms with van der Waals surface area (Å²) in [7, 11) is 2.06. The van der Waals surface area contributed by atoms with Crippen LogP contribution in [-0.2, 0) is 14.1 Å². The Hall–Kier alpha value is -0.660. The molecular weight excluding hydrogens is 247 g/mol. The van der Waals surface area contributed by atoms with E-state index in [0.717, 1.165) is 13.0 Å². The normalized spacial score (nSPS) is 12.9. The second-order valence-corrected chi connectivity index (χ2v) is 4.03. The van der Waals surface area contributed by atoms with Gasteiger partial charge >= 0.3 is 0 Å². The van der Waals surface area contributed by atoms with Crippen LogP contribution in [0.1, 0.15) is 47.5 Å². The van der Waals surface area contributed by atoms with Crippen LogP contribution in [0.5, 0.6) is 0 Å². The Balaban J connectivity index is 0. The van der Waals surface area contributed by atoms with Crippen molar-refractivity contribution in [3.05, 3.63) is 24.0 Å². The fourth-order valence-electron chi connectivity index (χ4n) is 1.27. The third-order valence-corrected chi connectivity index (χ3v) is 2.33. The number of carbonyl (C=O) groups excluding carboxylic acids is 1. The van der Waals surface area contributed by atoms with Gasteiger partial charge in [-0.05, 0) is 34.1 Å². The first-order valence-electron chi connectivity index (χ1n) is 6.31. The predicted molar refractivity (Wildman–Crippen MR) is 80.4 cm³/mol. The van der Waals surface area contributed by atoms with E-state index in [4.69, 9.17) is 4.74 Å². The molecule has 0 aliphatic carbocycles. The molecule has 4 heteroatoms. The van der Waals surface area contributed by atoms with E-state index < -0.39 is 0 Å². The molecule has 0 radical (unpaired) electrons. The molecule has 0 aromatic rings. The minimum Gasteiger partial charge on any atom is -0.485 e. The average Bonchev–Trinajstić information content (AvgIpc) is 2.30. The monoisotopic (exact) mass is 274 g/mol. The molecule has 0 aromatic carbocycles. The molecule has 18 heavy (non-hydrogen) atoms. The van der Waals surface area contributed by atoms with Gasteiger partial charge in [0.1, 0.15) is 0 Å². The lowest BCUT2D eigenvalue weighted by Crippen LogP contribution is -2.08. The molecule has 0 aliphatic rings. The van der Waals surface area contributed by atoms with Gasteiger partial charge in [0.25, 0.3) is 0 Å². The highest BCUT2D eigenvalue weighted by Crippen LogP contribution is 2.03. The van der Waals surface area contributed by atoms with E-state index in [1.165, 1.54) is 19.4 Å². The van der Waals surface area contributed by atoms with E-state index in [-0.39, 0.29) is 5.78 Å². The topological polar surface area (TPSA) is 35.5 Å². The van der Waals surface area contributed by atoms with Crippen LogP contribution in [-0.4, -0.2) is 18.5 Å². The summed E-state index contributed by atoms with van der Waals surface area (Å²) in [5.41, 5.74) is 0. The maximum absolute atomic E-state index is 10.2. The molecule has 0 rings (SSSR count). The SMILES string of the molecule is C/C=C\C(CCC)OCC.CC(=O)/C=C(/C)OP. The largest absolute Gasteiger partial charge is 0.485 e. The van der Waals surface area contributed by atoms with Gasteiger partial charge < -0.3 is 9.26 Å². The summed E-state index contributed by atoms with van der Waals surface area (Å²) < 4.78 is 10.1. The Kier molecular flexibility index (Phi) is 15.7. The van der Waals surface area contributed by atoms with Crippen molar-refractivity contribution in [1.82, 2.24) is 0 Å². The van der Waals surface area contributed by atoms with Crippen molar-refractivity contribution in [3.8, 4) is 0 Å². The van der Waals surface area contributed by atoms with Crippen LogP contribution in [0.15, 0.2) is 24.0 Å². The van der Waals surface area contributed by atoms with E-state index in [2.05, 4.69) is 33.1 Å². The molecule has 0 saturated heterocycles. The number of allylic oxidation sites excluding steroid dienone is 3. The number of ether oxygens (including phenoxy) is 1. The number of carbonyl (C=O) groups is 1.